The van der Waals surface area contributed by atoms with Crippen LogP contribution >= 0.6 is 11.3 Å². The third-order valence-electron chi connectivity index (χ3n) is 6.46. The molecule has 2 aromatic rings. The number of thiophene rings is 1. The fraction of sp³-hybridized carbons (Fsp3) is 0.519. The van der Waals surface area contributed by atoms with Crippen LogP contribution in [0.2, 0.25) is 0 Å². The van der Waals surface area contributed by atoms with Gasteiger partial charge in [0.25, 0.3) is 5.91 Å². The molecule has 10 heteroatoms. The highest BCUT2D eigenvalue weighted by atomic mass is 32.1. The van der Waals surface area contributed by atoms with Gasteiger partial charge in [-0.2, -0.15) is 0 Å². The predicted octanol–water partition coefficient (Wildman–Crippen LogP) is 3.12. The van der Waals surface area contributed by atoms with Crippen molar-refractivity contribution in [2.24, 2.45) is 5.73 Å². The molecule has 1 atom stereocenters. The van der Waals surface area contributed by atoms with Gasteiger partial charge in [-0.05, 0) is 50.5 Å². The van der Waals surface area contributed by atoms with E-state index in [2.05, 4.69) is 34.5 Å². The highest BCUT2D eigenvalue weighted by molar-refractivity contribution is 7.10. The van der Waals surface area contributed by atoms with Gasteiger partial charge in [0.1, 0.15) is 11.6 Å². The summed E-state index contributed by atoms with van der Waals surface area (Å²) in [7, 11) is 0. The Morgan fingerprint density at radius 3 is 2.54 bits per heavy atom. The van der Waals surface area contributed by atoms with Crippen molar-refractivity contribution in [2.75, 3.05) is 31.6 Å². The fourth-order valence-electron chi connectivity index (χ4n) is 4.60. The molecule has 0 unspecified atom stereocenters. The Balaban J connectivity index is 1.34. The Bertz CT molecular complexity index is 1120. The van der Waals surface area contributed by atoms with Crippen molar-refractivity contribution < 1.29 is 23.9 Å². The molecule has 0 aliphatic carbocycles. The summed E-state index contributed by atoms with van der Waals surface area (Å²) in [6, 6.07) is 7.53. The number of esters is 1. The van der Waals surface area contributed by atoms with E-state index in [4.69, 9.17) is 15.2 Å². The average molecular weight is 529 g/mol. The second-order valence-corrected chi connectivity index (χ2v) is 11.4. The fourth-order valence-corrected chi connectivity index (χ4v) is 5.57. The molecule has 1 aromatic carbocycles. The Labute approximate surface area is 221 Å². The number of benzene rings is 1. The summed E-state index contributed by atoms with van der Waals surface area (Å²) in [5.74, 6) is -1.26. The lowest BCUT2D eigenvalue weighted by Crippen LogP contribution is -2.45. The summed E-state index contributed by atoms with van der Waals surface area (Å²) in [5.41, 5.74) is 8.80. The minimum Gasteiger partial charge on any atom is -0.460 e. The van der Waals surface area contributed by atoms with Gasteiger partial charge in [0.2, 0.25) is 5.91 Å². The molecule has 9 nitrogen and oxygen atoms in total. The second-order valence-electron chi connectivity index (χ2n) is 10.5. The first-order valence-electron chi connectivity index (χ1n) is 12.6. The third-order valence-corrected chi connectivity index (χ3v) is 7.49. The zero-order valence-corrected chi connectivity index (χ0v) is 22.6. The van der Waals surface area contributed by atoms with Crippen molar-refractivity contribution in [3.05, 3.63) is 51.2 Å². The summed E-state index contributed by atoms with van der Waals surface area (Å²) in [4.78, 5) is 42.3. The third kappa shape index (κ3) is 7.09. The molecule has 0 radical (unpaired) electrons. The van der Waals surface area contributed by atoms with Crippen LogP contribution in [0.4, 0.5) is 5.69 Å². The van der Waals surface area contributed by atoms with Gasteiger partial charge in [0.05, 0.1) is 18.8 Å². The molecule has 0 spiro atoms. The van der Waals surface area contributed by atoms with E-state index in [1.54, 1.807) is 20.8 Å². The lowest BCUT2D eigenvalue weighted by molar-refractivity contribution is -0.155. The Kier molecular flexibility index (Phi) is 8.51. The molecule has 4 rings (SSSR count). The van der Waals surface area contributed by atoms with Crippen molar-refractivity contribution in [3.8, 4) is 0 Å². The van der Waals surface area contributed by atoms with Crippen LogP contribution in [-0.2, 0) is 38.7 Å². The van der Waals surface area contributed by atoms with Crippen molar-refractivity contribution in [2.45, 2.75) is 64.9 Å². The summed E-state index contributed by atoms with van der Waals surface area (Å²) in [5, 5.41) is 5.28. The van der Waals surface area contributed by atoms with Gasteiger partial charge < -0.3 is 25.4 Å². The Hall–Kier alpha value is -2.95. The SMILES string of the molecule is CC(C)(C)OC(=O)CC[C@@H](C(N)=O)N1Cc2c(csc2CNc2ccc(CN3CCOCC3)cc2)C1=O. The minimum absolute atomic E-state index is 0.0114. The quantitative estimate of drug-likeness (QED) is 0.456. The van der Waals surface area contributed by atoms with Gasteiger partial charge in [0, 0.05) is 55.1 Å². The van der Waals surface area contributed by atoms with E-state index in [9.17, 15) is 14.4 Å². The number of morpholine rings is 1. The van der Waals surface area contributed by atoms with Gasteiger partial charge in [-0.25, -0.2) is 0 Å². The number of rotatable bonds is 10. The smallest absolute Gasteiger partial charge is 0.306 e. The van der Waals surface area contributed by atoms with Crippen molar-refractivity contribution in [3.63, 3.8) is 0 Å². The number of fused-ring (bicyclic) bond motifs is 1. The monoisotopic (exact) mass is 528 g/mol. The van der Waals surface area contributed by atoms with E-state index in [-0.39, 0.29) is 18.7 Å². The number of amides is 2. The molecule has 2 aliphatic heterocycles. The number of hydrogen-bond donors (Lipinski definition) is 2. The maximum absolute atomic E-state index is 13.1. The van der Waals surface area contributed by atoms with Crippen LogP contribution in [0.1, 0.15) is 60.0 Å². The van der Waals surface area contributed by atoms with E-state index in [1.807, 2.05) is 5.38 Å². The average Bonchev–Trinajstić information content (AvgIpc) is 3.38. The van der Waals surface area contributed by atoms with Crippen molar-refractivity contribution in [1.29, 1.82) is 0 Å². The summed E-state index contributed by atoms with van der Waals surface area (Å²) in [6.45, 7) is 10.6. The zero-order chi connectivity index (χ0) is 26.6. The first-order valence-corrected chi connectivity index (χ1v) is 13.5. The zero-order valence-electron chi connectivity index (χ0n) is 21.7. The summed E-state index contributed by atoms with van der Waals surface area (Å²) in [6.07, 6.45) is 0.144. The van der Waals surface area contributed by atoms with Gasteiger partial charge in [0.15, 0.2) is 0 Å². The number of primary amides is 1. The predicted molar refractivity (Wildman–Crippen MR) is 142 cm³/mol. The molecule has 37 heavy (non-hydrogen) atoms. The largest absolute Gasteiger partial charge is 0.460 e. The molecule has 200 valence electrons. The van der Waals surface area contributed by atoms with Crippen LogP contribution in [0, 0.1) is 0 Å². The molecule has 0 bridgehead atoms. The normalized spacial score (nSPS) is 16.9. The maximum Gasteiger partial charge on any atom is 0.306 e. The number of carbonyl (C=O) groups excluding carboxylic acids is 3. The standard InChI is InChI=1S/C27H36N4O5S/c1-27(2,3)36-24(32)9-8-22(25(28)33)31-16-20-21(26(31)34)17-37-23(20)14-29-19-6-4-18(5-7-19)15-30-10-12-35-13-11-30/h4-7,17,22,29H,8-16H2,1-3H3,(H2,28,33)/t22-/m0/s1. The van der Waals surface area contributed by atoms with Crippen LogP contribution in [0.15, 0.2) is 29.6 Å². The number of hydrogen-bond acceptors (Lipinski definition) is 8. The molecule has 3 N–H and O–H groups in total. The number of anilines is 1. The van der Waals surface area contributed by atoms with E-state index in [0.717, 1.165) is 49.0 Å². The highest BCUT2D eigenvalue weighted by Crippen LogP contribution is 2.33. The first-order chi connectivity index (χ1) is 17.6. The minimum atomic E-state index is -0.864. The van der Waals surface area contributed by atoms with Crippen LogP contribution in [-0.4, -0.2) is 65.5 Å². The van der Waals surface area contributed by atoms with Gasteiger partial charge in [-0.1, -0.05) is 12.1 Å². The van der Waals surface area contributed by atoms with E-state index < -0.39 is 23.5 Å². The van der Waals surface area contributed by atoms with Crippen LogP contribution in [0.25, 0.3) is 0 Å². The van der Waals surface area contributed by atoms with Crippen molar-refractivity contribution in [1.82, 2.24) is 9.80 Å². The maximum atomic E-state index is 13.1. The molecule has 3 heterocycles. The van der Waals surface area contributed by atoms with E-state index in [1.165, 1.54) is 21.8 Å². The Morgan fingerprint density at radius 2 is 1.89 bits per heavy atom. The van der Waals surface area contributed by atoms with Gasteiger partial charge in [-0.3, -0.25) is 19.3 Å². The van der Waals surface area contributed by atoms with E-state index in [0.29, 0.717) is 18.7 Å². The van der Waals surface area contributed by atoms with Gasteiger partial charge >= 0.3 is 5.97 Å². The molecular formula is C27H36N4O5S. The van der Waals surface area contributed by atoms with Crippen LogP contribution in [0.3, 0.4) is 0 Å². The van der Waals surface area contributed by atoms with E-state index >= 15 is 0 Å². The number of ether oxygens (including phenoxy) is 2. The number of nitrogens with two attached hydrogens (primary N) is 1. The molecule has 1 saturated heterocycles. The molecule has 1 fully saturated rings. The van der Waals surface area contributed by atoms with Crippen molar-refractivity contribution >= 4 is 34.8 Å². The summed E-state index contributed by atoms with van der Waals surface area (Å²) >= 11 is 1.53. The molecule has 2 aliphatic rings. The molecule has 0 saturated carbocycles. The van der Waals surface area contributed by atoms with Crippen LogP contribution in [0.5, 0.6) is 0 Å². The molecular weight excluding hydrogens is 492 g/mol. The number of nitrogens with one attached hydrogen (secondary N) is 1. The molecule has 1 aromatic heterocycles. The van der Waals surface area contributed by atoms with Gasteiger partial charge in [-0.15, -0.1) is 11.3 Å². The lowest BCUT2D eigenvalue weighted by Gasteiger charge is -2.26. The van der Waals surface area contributed by atoms with Crippen LogP contribution < -0.4 is 11.1 Å². The summed E-state index contributed by atoms with van der Waals surface area (Å²) < 4.78 is 10.7. The molecule has 2 amide bonds. The highest BCUT2D eigenvalue weighted by Gasteiger charge is 2.38. The first kappa shape index (κ1) is 27.1. The topological polar surface area (TPSA) is 114 Å². The Morgan fingerprint density at radius 1 is 1.19 bits per heavy atom. The lowest BCUT2D eigenvalue weighted by atomic mass is 10.1. The number of carbonyl (C=O) groups is 3. The second kappa shape index (κ2) is 11.6. The number of nitrogens with zero attached hydrogens (tertiary/aromatic N) is 2.